The molecule has 1 aromatic rings. The van der Waals surface area contributed by atoms with Crippen LogP contribution >= 0.6 is 0 Å². The molecule has 1 aromatic carbocycles. The zero-order valence-electron chi connectivity index (χ0n) is 14.0. The van der Waals surface area contributed by atoms with Crippen LogP contribution in [-0.4, -0.2) is 0 Å². The third-order valence-electron chi connectivity index (χ3n) is 4.33. The van der Waals surface area contributed by atoms with Gasteiger partial charge in [0.15, 0.2) is 0 Å². The van der Waals surface area contributed by atoms with Gasteiger partial charge in [-0.25, -0.2) is 0 Å². The summed E-state index contributed by atoms with van der Waals surface area (Å²) in [6.07, 6.45) is 14.8. The first-order valence-electron chi connectivity index (χ1n) is 8.93. The summed E-state index contributed by atoms with van der Waals surface area (Å²) in [5, 5.41) is 0. The molecule has 0 radical (unpaired) electrons. The van der Waals surface area contributed by atoms with Gasteiger partial charge >= 0.3 is 0 Å². The highest BCUT2D eigenvalue weighted by atomic mass is 14.1. The molecule has 20 heavy (non-hydrogen) atoms. The van der Waals surface area contributed by atoms with Crippen molar-refractivity contribution in [2.75, 3.05) is 0 Å². The van der Waals surface area contributed by atoms with E-state index in [9.17, 15) is 0 Å². The Balaban J connectivity index is 2.52. The summed E-state index contributed by atoms with van der Waals surface area (Å²) < 4.78 is 0. The Kier molecular flexibility index (Phi) is 9.45. The van der Waals surface area contributed by atoms with E-state index in [-0.39, 0.29) is 0 Å². The highest BCUT2D eigenvalue weighted by Crippen LogP contribution is 2.21. The van der Waals surface area contributed by atoms with Crippen molar-refractivity contribution in [3.63, 3.8) is 0 Å². The smallest absolute Gasteiger partial charge is 0.0273 e. The number of aryl methyl sites for hydroxylation is 2. The highest BCUT2D eigenvalue weighted by Gasteiger charge is 2.06. The van der Waals surface area contributed by atoms with Crippen molar-refractivity contribution in [2.45, 2.75) is 91.4 Å². The van der Waals surface area contributed by atoms with Crippen molar-refractivity contribution >= 4 is 0 Å². The molecule has 0 saturated carbocycles. The van der Waals surface area contributed by atoms with Gasteiger partial charge in [-0.05, 0) is 48.8 Å². The molecule has 0 saturated heterocycles. The molecule has 0 fully saturated rings. The van der Waals surface area contributed by atoms with Gasteiger partial charge in [-0.1, -0.05) is 77.5 Å². The largest absolute Gasteiger partial charge is 0.0654 e. The van der Waals surface area contributed by atoms with E-state index in [1.54, 1.807) is 16.7 Å². The van der Waals surface area contributed by atoms with Gasteiger partial charge in [0.25, 0.3) is 0 Å². The van der Waals surface area contributed by atoms with Gasteiger partial charge in [-0.15, -0.1) is 0 Å². The zero-order chi connectivity index (χ0) is 14.6. The zero-order valence-corrected chi connectivity index (χ0v) is 14.0. The molecular weight excluding hydrogens is 240 g/mol. The third-order valence-corrected chi connectivity index (χ3v) is 4.33. The van der Waals surface area contributed by atoms with Gasteiger partial charge in [-0.2, -0.15) is 0 Å². The number of rotatable bonds is 11. The van der Waals surface area contributed by atoms with Gasteiger partial charge in [0, 0.05) is 0 Å². The van der Waals surface area contributed by atoms with E-state index in [1.807, 2.05) is 0 Å². The lowest BCUT2D eigenvalue weighted by atomic mass is 9.92. The predicted molar refractivity (Wildman–Crippen MR) is 91.5 cm³/mol. The van der Waals surface area contributed by atoms with E-state index < -0.39 is 0 Å². The van der Waals surface area contributed by atoms with Crippen LogP contribution in [0.3, 0.4) is 0 Å². The maximum absolute atomic E-state index is 2.36. The van der Waals surface area contributed by atoms with Crippen molar-refractivity contribution in [3.8, 4) is 0 Å². The second-order valence-electron chi connectivity index (χ2n) is 6.03. The SMILES string of the molecule is CCCCCCCCc1c(CC)cccc1CCCC. The lowest BCUT2D eigenvalue weighted by Crippen LogP contribution is -2.00. The van der Waals surface area contributed by atoms with E-state index in [2.05, 4.69) is 39.0 Å². The molecule has 1 rings (SSSR count). The Bertz CT molecular complexity index is 351. The molecule has 0 aliphatic heterocycles. The molecule has 0 heterocycles. The number of hydrogen-bond donors (Lipinski definition) is 0. The Morgan fingerprint density at radius 2 is 1.30 bits per heavy atom. The van der Waals surface area contributed by atoms with Gasteiger partial charge in [0.05, 0.1) is 0 Å². The molecule has 0 bridgehead atoms. The average Bonchev–Trinajstić information content (AvgIpc) is 2.49. The lowest BCUT2D eigenvalue weighted by molar-refractivity contribution is 0.605. The summed E-state index contributed by atoms with van der Waals surface area (Å²) >= 11 is 0. The summed E-state index contributed by atoms with van der Waals surface area (Å²) in [4.78, 5) is 0. The van der Waals surface area contributed by atoms with E-state index in [0.29, 0.717) is 0 Å². The van der Waals surface area contributed by atoms with Gasteiger partial charge in [0.1, 0.15) is 0 Å². The molecule has 0 aliphatic rings. The third kappa shape index (κ3) is 6.11. The van der Waals surface area contributed by atoms with Gasteiger partial charge in [0.2, 0.25) is 0 Å². The van der Waals surface area contributed by atoms with Crippen LogP contribution < -0.4 is 0 Å². The number of hydrogen-bond acceptors (Lipinski definition) is 0. The Morgan fingerprint density at radius 1 is 0.650 bits per heavy atom. The summed E-state index contributed by atoms with van der Waals surface area (Å²) in [7, 11) is 0. The molecule has 0 nitrogen and oxygen atoms in total. The van der Waals surface area contributed by atoms with Crippen LogP contribution in [0.4, 0.5) is 0 Å². The maximum Gasteiger partial charge on any atom is -0.0273 e. The molecule has 0 aliphatic carbocycles. The van der Waals surface area contributed by atoms with Crippen molar-refractivity contribution in [3.05, 3.63) is 34.9 Å². The summed E-state index contributed by atoms with van der Waals surface area (Å²) in [6.45, 7) is 6.87. The van der Waals surface area contributed by atoms with Crippen LogP contribution in [0.25, 0.3) is 0 Å². The fraction of sp³-hybridized carbons (Fsp3) is 0.700. The lowest BCUT2D eigenvalue weighted by Gasteiger charge is -2.14. The average molecular weight is 274 g/mol. The molecule has 0 atom stereocenters. The van der Waals surface area contributed by atoms with Crippen LogP contribution in [-0.2, 0) is 19.3 Å². The molecular formula is C20H34. The van der Waals surface area contributed by atoms with Crippen LogP contribution in [0.15, 0.2) is 18.2 Å². The first-order valence-corrected chi connectivity index (χ1v) is 8.93. The van der Waals surface area contributed by atoms with Crippen LogP contribution in [0.5, 0.6) is 0 Å². The molecule has 0 aromatic heterocycles. The minimum absolute atomic E-state index is 1.19. The topological polar surface area (TPSA) is 0 Å². The van der Waals surface area contributed by atoms with Crippen LogP contribution in [0.2, 0.25) is 0 Å². The fourth-order valence-corrected chi connectivity index (χ4v) is 3.02. The number of unbranched alkanes of at least 4 members (excludes halogenated alkanes) is 6. The Hall–Kier alpha value is -0.780. The Labute approximate surface area is 127 Å². The maximum atomic E-state index is 2.36. The minimum Gasteiger partial charge on any atom is -0.0654 e. The molecule has 0 amide bonds. The highest BCUT2D eigenvalue weighted by molar-refractivity contribution is 5.35. The second kappa shape index (κ2) is 10.9. The monoisotopic (exact) mass is 274 g/mol. The van der Waals surface area contributed by atoms with E-state index in [1.165, 1.54) is 70.6 Å². The molecule has 0 spiro atoms. The predicted octanol–water partition coefficient (Wildman–Crippen LogP) is 6.49. The molecule has 0 N–H and O–H groups in total. The molecule has 0 unspecified atom stereocenters. The van der Waals surface area contributed by atoms with Crippen molar-refractivity contribution < 1.29 is 0 Å². The first-order chi connectivity index (χ1) is 9.83. The molecule has 0 heteroatoms. The fourth-order valence-electron chi connectivity index (χ4n) is 3.02. The van der Waals surface area contributed by atoms with Crippen molar-refractivity contribution in [1.82, 2.24) is 0 Å². The summed E-state index contributed by atoms with van der Waals surface area (Å²) in [5.41, 5.74) is 4.89. The van der Waals surface area contributed by atoms with Crippen molar-refractivity contribution in [1.29, 1.82) is 0 Å². The standard InChI is InChI=1S/C20H34/c1-4-7-9-10-11-12-17-20-18(6-3)15-13-16-19(20)14-8-5-2/h13,15-16H,4-12,14,17H2,1-3H3. The quantitative estimate of drug-likeness (QED) is 0.404. The second-order valence-corrected chi connectivity index (χ2v) is 6.03. The van der Waals surface area contributed by atoms with Crippen molar-refractivity contribution in [2.24, 2.45) is 0 Å². The first kappa shape index (κ1) is 17.3. The number of benzene rings is 1. The summed E-state index contributed by atoms with van der Waals surface area (Å²) in [6, 6.07) is 6.96. The Morgan fingerprint density at radius 3 is 2.00 bits per heavy atom. The van der Waals surface area contributed by atoms with E-state index in [4.69, 9.17) is 0 Å². The van der Waals surface area contributed by atoms with E-state index in [0.717, 1.165) is 0 Å². The molecule has 114 valence electrons. The van der Waals surface area contributed by atoms with Gasteiger partial charge in [-0.3, -0.25) is 0 Å². The van der Waals surface area contributed by atoms with E-state index >= 15 is 0 Å². The van der Waals surface area contributed by atoms with Crippen LogP contribution in [0.1, 0.15) is 88.8 Å². The van der Waals surface area contributed by atoms with Gasteiger partial charge < -0.3 is 0 Å². The summed E-state index contributed by atoms with van der Waals surface area (Å²) in [5.74, 6) is 0. The van der Waals surface area contributed by atoms with Crippen LogP contribution in [0, 0.1) is 0 Å². The minimum atomic E-state index is 1.19. The normalized spacial score (nSPS) is 10.9.